The first kappa shape index (κ1) is 11.3. The number of furan rings is 1. The molecule has 0 aliphatic carbocycles. The first-order valence-electron chi connectivity index (χ1n) is 5.45. The molecule has 0 aliphatic heterocycles. The molecule has 14 heavy (non-hydrogen) atoms. The third kappa shape index (κ3) is 2.61. The topological polar surface area (TPSA) is 33.4 Å². The minimum absolute atomic E-state index is 0.274. The zero-order valence-corrected chi connectivity index (χ0v) is 9.29. The molecule has 1 aromatic heterocycles. The Hall–Kier alpha value is -0.760. The van der Waals surface area contributed by atoms with Crippen LogP contribution in [0.25, 0.3) is 0 Å². The molecule has 80 valence electrons. The summed E-state index contributed by atoms with van der Waals surface area (Å²) in [6.07, 6.45) is 2.56. The van der Waals surface area contributed by atoms with Gasteiger partial charge in [-0.25, -0.2) is 0 Å². The summed E-state index contributed by atoms with van der Waals surface area (Å²) in [6, 6.07) is 3.83. The molecule has 0 saturated carbocycles. The van der Waals surface area contributed by atoms with Crippen LogP contribution in [0.15, 0.2) is 16.5 Å². The summed E-state index contributed by atoms with van der Waals surface area (Å²) in [5.74, 6) is 1.93. The highest BCUT2D eigenvalue weighted by Crippen LogP contribution is 2.26. The molecule has 1 heterocycles. The van der Waals surface area contributed by atoms with Crippen LogP contribution in [0.4, 0.5) is 0 Å². The number of hydrogen-bond donors (Lipinski definition) is 1. The maximum atomic E-state index is 9.94. The van der Waals surface area contributed by atoms with Gasteiger partial charge in [0.1, 0.15) is 17.6 Å². The molecule has 1 rings (SSSR count). The third-order valence-corrected chi connectivity index (χ3v) is 2.61. The summed E-state index contributed by atoms with van der Waals surface area (Å²) in [5, 5.41) is 9.94. The van der Waals surface area contributed by atoms with Crippen molar-refractivity contribution in [1.29, 1.82) is 0 Å². The number of aliphatic hydroxyl groups is 1. The normalized spacial score (nSPS) is 15.4. The van der Waals surface area contributed by atoms with Gasteiger partial charge in [-0.05, 0) is 24.5 Å². The summed E-state index contributed by atoms with van der Waals surface area (Å²) >= 11 is 0. The fraction of sp³-hybridized carbons (Fsp3) is 0.667. The van der Waals surface area contributed by atoms with Gasteiger partial charge in [-0.1, -0.05) is 27.2 Å². The van der Waals surface area contributed by atoms with E-state index in [4.69, 9.17) is 4.42 Å². The van der Waals surface area contributed by atoms with Crippen molar-refractivity contribution in [2.24, 2.45) is 5.92 Å². The van der Waals surface area contributed by atoms with Crippen LogP contribution in [0.1, 0.15) is 51.2 Å². The molecule has 0 bridgehead atoms. The molecule has 0 fully saturated rings. The van der Waals surface area contributed by atoms with E-state index >= 15 is 0 Å². The van der Waals surface area contributed by atoms with Gasteiger partial charge < -0.3 is 9.52 Å². The Balaban J connectivity index is 2.63. The molecule has 0 amide bonds. The second kappa shape index (κ2) is 5.20. The molecule has 0 saturated heterocycles. The summed E-state index contributed by atoms with van der Waals surface area (Å²) in [6.45, 7) is 6.23. The zero-order chi connectivity index (χ0) is 10.6. The van der Waals surface area contributed by atoms with Crippen molar-refractivity contribution in [2.75, 3.05) is 0 Å². The number of hydrogen-bond acceptors (Lipinski definition) is 2. The van der Waals surface area contributed by atoms with Gasteiger partial charge in [-0.2, -0.15) is 0 Å². The van der Waals surface area contributed by atoms with E-state index in [0.717, 1.165) is 25.0 Å². The van der Waals surface area contributed by atoms with Crippen molar-refractivity contribution in [3.63, 3.8) is 0 Å². The Morgan fingerprint density at radius 2 is 2.07 bits per heavy atom. The summed E-state index contributed by atoms with van der Waals surface area (Å²) in [4.78, 5) is 0. The standard InChI is InChI=1S/C12H20O2/c1-4-6-9(3)12(13)11-8-7-10(5-2)14-11/h7-9,12-13H,4-6H2,1-3H3. The second-order valence-electron chi connectivity index (χ2n) is 3.87. The van der Waals surface area contributed by atoms with E-state index in [1.54, 1.807) is 0 Å². The van der Waals surface area contributed by atoms with Crippen molar-refractivity contribution >= 4 is 0 Å². The van der Waals surface area contributed by atoms with E-state index in [0.29, 0.717) is 5.76 Å². The SMILES string of the molecule is CCCC(C)C(O)c1ccc(CC)o1. The van der Waals surface area contributed by atoms with Gasteiger partial charge in [0.15, 0.2) is 0 Å². The molecule has 0 aliphatic rings. The average molecular weight is 196 g/mol. The second-order valence-corrected chi connectivity index (χ2v) is 3.87. The van der Waals surface area contributed by atoms with Crippen LogP contribution in [0.5, 0.6) is 0 Å². The highest BCUT2D eigenvalue weighted by Gasteiger charge is 2.18. The minimum atomic E-state index is -0.449. The maximum absolute atomic E-state index is 9.94. The quantitative estimate of drug-likeness (QED) is 0.783. The van der Waals surface area contributed by atoms with Crippen LogP contribution in [-0.4, -0.2) is 5.11 Å². The van der Waals surface area contributed by atoms with Gasteiger partial charge in [0, 0.05) is 6.42 Å². The Morgan fingerprint density at radius 1 is 1.36 bits per heavy atom. The van der Waals surface area contributed by atoms with E-state index in [9.17, 15) is 5.11 Å². The molecule has 1 aromatic rings. The van der Waals surface area contributed by atoms with Gasteiger partial charge >= 0.3 is 0 Å². The van der Waals surface area contributed by atoms with E-state index < -0.39 is 6.10 Å². The lowest BCUT2D eigenvalue weighted by molar-refractivity contribution is 0.0883. The molecule has 2 heteroatoms. The monoisotopic (exact) mass is 196 g/mol. The molecular formula is C12H20O2. The van der Waals surface area contributed by atoms with Crippen LogP contribution in [-0.2, 0) is 6.42 Å². The maximum Gasteiger partial charge on any atom is 0.132 e. The highest BCUT2D eigenvalue weighted by molar-refractivity contribution is 5.09. The third-order valence-electron chi connectivity index (χ3n) is 2.61. The van der Waals surface area contributed by atoms with Gasteiger partial charge in [0.25, 0.3) is 0 Å². The molecule has 2 nitrogen and oxygen atoms in total. The van der Waals surface area contributed by atoms with Crippen molar-refractivity contribution < 1.29 is 9.52 Å². The molecule has 0 radical (unpaired) electrons. The lowest BCUT2D eigenvalue weighted by Crippen LogP contribution is -2.07. The van der Waals surface area contributed by atoms with Gasteiger partial charge in [0.05, 0.1) is 0 Å². The van der Waals surface area contributed by atoms with Gasteiger partial charge in [-0.15, -0.1) is 0 Å². The van der Waals surface area contributed by atoms with Crippen molar-refractivity contribution in [1.82, 2.24) is 0 Å². The number of rotatable bonds is 5. The number of aliphatic hydroxyl groups excluding tert-OH is 1. The van der Waals surface area contributed by atoms with Gasteiger partial charge in [0.2, 0.25) is 0 Å². The molecule has 2 atom stereocenters. The fourth-order valence-electron chi connectivity index (χ4n) is 1.64. The first-order chi connectivity index (χ1) is 6.69. The predicted molar refractivity (Wildman–Crippen MR) is 57.1 cm³/mol. The van der Waals surface area contributed by atoms with E-state index in [1.165, 1.54) is 0 Å². The Morgan fingerprint density at radius 3 is 2.57 bits per heavy atom. The minimum Gasteiger partial charge on any atom is -0.463 e. The largest absolute Gasteiger partial charge is 0.463 e. The van der Waals surface area contributed by atoms with Crippen LogP contribution >= 0.6 is 0 Å². The first-order valence-corrected chi connectivity index (χ1v) is 5.45. The molecule has 0 aromatic carbocycles. The van der Waals surface area contributed by atoms with E-state index in [-0.39, 0.29) is 5.92 Å². The summed E-state index contributed by atoms with van der Waals surface area (Å²) in [5.41, 5.74) is 0. The lowest BCUT2D eigenvalue weighted by Gasteiger charge is -2.15. The fourth-order valence-corrected chi connectivity index (χ4v) is 1.64. The van der Waals surface area contributed by atoms with Crippen molar-refractivity contribution in [2.45, 2.75) is 46.1 Å². The van der Waals surface area contributed by atoms with Crippen molar-refractivity contribution in [3.05, 3.63) is 23.7 Å². The molecular weight excluding hydrogens is 176 g/mol. The van der Waals surface area contributed by atoms with Crippen LogP contribution in [0.3, 0.4) is 0 Å². The summed E-state index contributed by atoms with van der Waals surface area (Å²) < 4.78 is 5.51. The van der Waals surface area contributed by atoms with Crippen LogP contribution in [0, 0.1) is 5.92 Å². The average Bonchev–Trinajstić information content (AvgIpc) is 2.65. The number of aryl methyl sites for hydroxylation is 1. The highest BCUT2D eigenvalue weighted by atomic mass is 16.4. The predicted octanol–water partition coefficient (Wildman–Crippen LogP) is 3.31. The van der Waals surface area contributed by atoms with Crippen LogP contribution < -0.4 is 0 Å². The Labute approximate surface area is 85.9 Å². The van der Waals surface area contributed by atoms with E-state index in [1.807, 2.05) is 19.1 Å². The Kier molecular flexibility index (Phi) is 4.21. The summed E-state index contributed by atoms with van der Waals surface area (Å²) in [7, 11) is 0. The lowest BCUT2D eigenvalue weighted by atomic mass is 9.98. The van der Waals surface area contributed by atoms with Crippen molar-refractivity contribution in [3.8, 4) is 0 Å². The molecule has 2 unspecified atom stereocenters. The molecule has 0 spiro atoms. The molecule has 1 N–H and O–H groups in total. The van der Waals surface area contributed by atoms with Gasteiger partial charge in [-0.3, -0.25) is 0 Å². The Bertz CT molecular complexity index is 265. The zero-order valence-electron chi connectivity index (χ0n) is 9.29. The van der Waals surface area contributed by atoms with Crippen LogP contribution in [0.2, 0.25) is 0 Å². The smallest absolute Gasteiger partial charge is 0.132 e. The van der Waals surface area contributed by atoms with E-state index in [2.05, 4.69) is 13.8 Å².